The number of aryl methyl sites for hydroxylation is 2. The molecule has 35 heavy (non-hydrogen) atoms. The fourth-order valence-electron chi connectivity index (χ4n) is 4.54. The SMILES string of the molecule is C=C/C(OCCCCN(C)C)=C(C)\C=C\CN1CCC(NC(=O)c2ccc(C)c(C)c2)CC1CC. The molecule has 5 heteroatoms. The second-order valence-electron chi connectivity index (χ2n) is 10.1. The predicted octanol–water partition coefficient (Wildman–Crippen LogP) is 5.65. The lowest BCUT2D eigenvalue weighted by atomic mass is 9.94. The van der Waals surface area contributed by atoms with Crippen molar-refractivity contribution < 1.29 is 9.53 Å². The molecular weight excluding hydrogens is 434 g/mol. The summed E-state index contributed by atoms with van der Waals surface area (Å²) < 4.78 is 5.96. The maximum absolute atomic E-state index is 12.8. The van der Waals surface area contributed by atoms with Crippen molar-refractivity contribution in [2.24, 2.45) is 0 Å². The van der Waals surface area contributed by atoms with E-state index in [0.717, 1.165) is 80.8 Å². The molecule has 0 spiro atoms. The lowest BCUT2D eigenvalue weighted by Gasteiger charge is -2.39. The van der Waals surface area contributed by atoms with Gasteiger partial charge in [-0.25, -0.2) is 0 Å². The highest BCUT2D eigenvalue weighted by Crippen LogP contribution is 2.21. The van der Waals surface area contributed by atoms with E-state index >= 15 is 0 Å². The molecule has 1 aliphatic rings. The van der Waals surface area contributed by atoms with E-state index in [1.807, 2.05) is 24.3 Å². The number of ether oxygens (including phenoxy) is 1. The van der Waals surface area contributed by atoms with Crippen LogP contribution in [-0.4, -0.2) is 68.1 Å². The summed E-state index contributed by atoms with van der Waals surface area (Å²) in [6.45, 7) is 16.1. The van der Waals surface area contributed by atoms with Gasteiger partial charge in [0.05, 0.1) is 6.61 Å². The molecular formula is C30H47N3O2. The second-order valence-corrected chi connectivity index (χ2v) is 10.1. The first-order valence-corrected chi connectivity index (χ1v) is 13.1. The normalized spacial score (nSPS) is 19.6. The number of benzene rings is 1. The van der Waals surface area contributed by atoms with Crippen molar-refractivity contribution in [1.82, 2.24) is 15.1 Å². The van der Waals surface area contributed by atoms with E-state index in [2.05, 4.69) is 75.6 Å². The molecule has 0 radical (unpaired) electrons. The van der Waals surface area contributed by atoms with Gasteiger partial charge in [0.1, 0.15) is 5.76 Å². The second kappa shape index (κ2) is 14.9. The van der Waals surface area contributed by atoms with Gasteiger partial charge in [-0.2, -0.15) is 0 Å². The Morgan fingerprint density at radius 1 is 1.26 bits per heavy atom. The molecule has 2 rings (SSSR count). The fraction of sp³-hybridized carbons (Fsp3) is 0.567. The first-order chi connectivity index (χ1) is 16.7. The Balaban J connectivity index is 1.84. The Labute approximate surface area is 213 Å². The van der Waals surface area contributed by atoms with Gasteiger partial charge in [-0.1, -0.05) is 31.7 Å². The van der Waals surface area contributed by atoms with Crippen molar-refractivity contribution in [1.29, 1.82) is 0 Å². The number of allylic oxidation sites excluding steroid dienone is 3. The van der Waals surface area contributed by atoms with Crippen molar-refractivity contribution in [3.05, 3.63) is 71.0 Å². The molecule has 1 aromatic rings. The molecule has 1 heterocycles. The molecule has 2 atom stereocenters. The fourth-order valence-corrected chi connectivity index (χ4v) is 4.54. The van der Waals surface area contributed by atoms with Gasteiger partial charge in [0.25, 0.3) is 5.91 Å². The number of nitrogens with zero attached hydrogens (tertiary/aromatic N) is 2. The number of rotatable bonds is 13. The molecule has 1 amide bonds. The minimum absolute atomic E-state index is 0.0423. The third kappa shape index (κ3) is 9.65. The van der Waals surface area contributed by atoms with Crippen molar-refractivity contribution >= 4 is 5.91 Å². The quantitative estimate of drug-likeness (QED) is 0.225. The molecule has 1 aromatic carbocycles. The van der Waals surface area contributed by atoms with Crippen LogP contribution in [0, 0.1) is 13.8 Å². The van der Waals surface area contributed by atoms with Crippen molar-refractivity contribution in [2.45, 2.75) is 71.9 Å². The number of hydrogen-bond acceptors (Lipinski definition) is 4. The van der Waals surface area contributed by atoms with Crippen molar-refractivity contribution in [3.8, 4) is 0 Å². The standard InChI is InChI=1S/C30H47N3O2/c1-8-28-22-27(31-30(34)26-15-14-23(3)25(5)21-26)16-19-33(28)18-12-13-24(4)29(9-2)35-20-11-10-17-32(6)7/h9,12-15,21,27-28H,2,8,10-11,16-20,22H2,1,3-7H3,(H,31,34)/b13-12+,29-24+. The third-order valence-electron chi connectivity index (χ3n) is 6.95. The Morgan fingerprint density at radius 2 is 2.03 bits per heavy atom. The first kappa shape index (κ1) is 28.9. The summed E-state index contributed by atoms with van der Waals surface area (Å²) in [7, 11) is 4.19. The molecule has 0 aromatic heterocycles. The van der Waals surface area contributed by atoms with Crippen LogP contribution in [0.5, 0.6) is 0 Å². The summed E-state index contributed by atoms with van der Waals surface area (Å²) in [5.74, 6) is 0.909. The number of amides is 1. The number of carbonyl (C=O) groups is 1. The number of likely N-dealkylation sites (tertiary alicyclic amines) is 1. The number of nitrogens with one attached hydrogen (secondary N) is 1. The highest BCUT2D eigenvalue weighted by Gasteiger charge is 2.27. The predicted molar refractivity (Wildman–Crippen MR) is 148 cm³/mol. The van der Waals surface area contributed by atoms with Crippen LogP contribution in [0.4, 0.5) is 0 Å². The van der Waals surface area contributed by atoms with E-state index in [4.69, 9.17) is 4.74 Å². The molecule has 0 saturated carbocycles. The zero-order valence-corrected chi connectivity index (χ0v) is 22.9. The van der Waals surface area contributed by atoms with E-state index in [0.29, 0.717) is 6.04 Å². The summed E-state index contributed by atoms with van der Waals surface area (Å²) in [6, 6.07) is 6.63. The number of piperidine rings is 1. The average Bonchev–Trinajstić information content (AvgIpc) is 2.83. The zero-order valence-electron chi connectivity index (χ0n) is 22.9. The number of hydrogen-bond donors (Lipinski definition) is 1. The molecule has 0 bridgehead atoms. The van der Waals surface area contributed by atoms with E-state index in [-0.39, 0.29) is 11.9 Å². The minimum atomic E-state index is 0.0423. The van der Waals surface area contributed by atoms with Gasteiger partial charge in [-0.05, 0) is 108 Å². The molecule has 1 aliphatic heterocycles. The highest BCUT2D eigenvalue weighted by atomic mass is 16.5. The molecule has 0 aliphatic carbocycles. The van der Waals surface area contributed by atoms with E-state index in [1.54, 1.807) is 0 Å². The van der Waals surface area contributed by atoms with Crippen LogP contribution < -0.4 is 5.32 Å². The van der Waals surface area contributed by atoms with Crippen molar-refractivity contribution in [2.75, 3.05) is 40.3 Å². The minimum Gasteiger partial charge on any atom is -0.493 e. The molecule has 1 fully saturated rings. The maximum Gasteiger partial charge on any atom is 0.251 e. The number of unbranched alkanes of at least 4 members (excludes halogenated alkanes) is 1. The van der Waals surface area contributed by atoms with Crippen molar-refractivity contribution in [3.63, 3.8) is 0 Å². The van der Waals surface area contributed by atoms with Gasteiger partial charge in [0.15, 0.2) is 0 Å². The van der Waals surface area contributed by atoms with Crippen LogP contribution in [0.1, 0.15) is 67.4 Å². The third-order valence-corrected chi connectivity index (χ3v) is 6.95. The summed E-state index contributed by atoms with van der Waals surface area (Å²) in [5.41, 5.74) is 4.23. The zero-order chi connectivity index (χ0) is 25.8. The highest BCUT2D eigenvalue weighted by molar-refractivity contribution is 5.94. The van der Waals surface area contributed by atoms with Gasteiger partial charge in [-0.3, -0.25) is 9.69 Å². The van der Waals surface area contributed by atoms with Crippen LogP contribution in [0.15, 0.2) is 54.3 Å². The molecule has 5 nitrogen and oxygen atoms in total. The van der Waals surface area contributed by atoms with Crippen LogP contribution in [0.25, 0.3) is 0 Å². The Bertz CT molecular complexity index is 888. The van der Waals surface area contributed by atoms with Crippen LogP contribution in [0.3, 0.4) is 0 Å². The molecule has 1 saturated heterocycles. The maximum atomic E-state index is 12.8. The lowest BCUT2D eigenvalue weighted by molar-refractivity contribution is 0.0872. The number of carbonyl (C=O) groups excluding carboxylic acids is 1. The summed E-state index contributed by atoms with van der Waals surface area (Å²) >= 11 is 0. The van der Waals surface area contributed by atoms with Crippen LogP contribution in [0.2, 0.25) is 0 Å². The van der Waals surface area contributed by atoms with Gasteiger partial charge in [0, 0.05) is 30.7 Å². The average molecular weight is 482 g/mol. The van der Waals surface area contributed by atoms with E-state index in [1.165, 1.54) is 5.56 Å². The topological polar surface area (TPSA) is 44.8 Å². The summed E-state index contributed by atoms with van der Waals surface area (Å²) in [6.07, 6.45) is 11.4. The first-order valence-electron chi connectivity index (χ1n) is 13.1. The molecule has 2 unspecified atom stereocenters. The smallest absolute Gasteiger partial charge is 0.251 e. The van der Waals surface area contributed by atoms with Gasteiger partial charge in [0.2, 0.25) is 0 Å². The van der Waals surface area contributed by atoms with Gasteiger partial charge in [-0.15, -0.1) is 0 Å². The largest absolute Gasteiger partial charge is 0.493 e. The summed E-state index contributed by atoms with van der Waals surface area (Å²) in [5, 5.41) is 3.28. The van der Waals surface area contributed by atoms with Crippen LogP contribution >= 0.6 is 0 Å². The van der Waals surface area contributed by atoms with E-state index in [9.17, 15) is 4.79 Å². The van der Waals surface area contributed by atoms with E-state index < -0.39 is 0 Å². The Hall–Kier alpha value is -2.37. The van der Waals surface area contributed by atoms with Gasteiger partial charge < -0.3 is 15.0 Å². The summed E-state index contributed by atoms with van der Waals surface area (Å²) in [4.78, 5) is 17.5. The van der Waals surface area contributed by atoms with Crippen LogP contribution in [-0.2, 0) is 4.74 Å². The monoisotopic (exact) mass is 481 g/mol. The molecule has 194 valence electrons. The lowest BCUT2D eigenvalue weighted by Crippen LogP contribution is -2.49. The van der Waals surface area contributed by atoms with Gasteiger partial charge >= 0.3 is 0 Å². The molecule has 1 N–H and O–H groups in total. The Kier molecular flexibility index (Phi) is 12.3. The Morgan fingerprint density at radius 3 is 2.69 bits per heavy atom.